The van der Waals surface area contributed by atoms with Gasteiger partial charge in [0.05, 0.1) is 35.4 Å². The number of nitro benzene ring substituents is 1. The van der Waals surface area contributed by atoms with Crippen molar-refractivity contribution in [1.82, 2.24) is 10.3 Å². The number of nitrogens with zero attached hydrogens (tertiary/aromatic N) is 3. The molecule has 1 saturated heterocycles. The predicted molar refractivity (Wildman–Crippen MR) is 146 cm³/mol. The molecule has 2 atom stereocenters. The van der Waals surface area contributed by atoms with E-state index in [1.54, 1.807) is 12.3 Å². The molecule has 5 rings (SSSR count). The summed E-state index contributed by atoms with van der Waals surface area (Å²) in [6.07, 6.45) is 1.76. The smallest absolute Gasteiger partial charge is 0.273 e. The number of hydrogen-bond donors (Lipinski definition) is 1. The van der Waals surface area contributed by atoms with Gasteiger partial charge in [-0.25, -0.2) is 0 Å². The highest BCUT2D eigenvalue weighted by Crippen LogP contribution is 2.44. The molecular weight excluding hydrogens is 488 g/mol. The number of aromatic nitrogens is 1. The summed E-state index contributed by atoms with van der Waals surface area (Å²) in [6.45, 7) is 4.32. The summed E-state index contributed by atoms with van der Waals surface area (Å²) < 4.78 is 11.8. The van der Waals surface area contributed by atoms with Crippen LogP contribution in [0.4, 0.5) is 11.4 Å². The van der Waals surface area contributed by atoms with Gasteiger partial charge in [0.25, 0.3) is 5.69 Å². The number of methoxy groups -OCH3 is 1. The third-order valence-electron chi connectivity index (χ3n) is 6.52. The Labute approximate surface area is 220 Å². The molecule has 0 bridgehead atoms. The monoisotopic (exact) mass is 514 g/mol. The Bertz CT molecular complexity index is 1440. The normalized spacial score (nSPS) is 17.2. The molecule has 1 aliphatic rings. The number of nitrogens with one attached hydrogen (secondary N) is 1. The number of pyridine rings is 1. The summed E-state index contributed by atoms with van der Waals surface area (Å²) in [5.74, 6) is 1.98. The predicted octanol–water partition coefficient (Wildman–Crippen LogP) is 6.56. The van der Waals surface area contributed by atoms with Crippen LogP contribution in [0, 0.1) is 10.1 Å². The molecular formula is C28H26N4O4S. The Hall–Kier alpha value is -4.24. The van der Waals surface area contributed by atoms with E-state index in [9.17, 15) is 10.1 Å². The van der Waals surface area contributed by atoms with Gasteiger partial charge in [0.15, 0.2) is 5.11 Å². The molecule has 2 aromatic carbocycles. The summed E-state index contributed by atoms with van der Waals surface area (Å²) in [4.78, 5) is 17.4. The Morgan fingerprint density at radius 3 is 2.54 bits per heavy atom. The Morgan fingerprint density at radius 2 is 1.89 bits per heavy atom. The molecule has 8 nitrogen and oxygen atoms in total. The molecule has 0 radical (unpaired) electrons. The number of rotatable bonds is 7. The van der Waals surface area contributed by atoms with E-state index in [2.05, 4.69) is 53.3 Å². The van der Waals surface area contributed by atoms with Gasteiger partial charge in [-0.1, -0.05) is 32.0 Å². The lowest BCUT2D eigenvalue weighted by Crippen LogP contribution is -2.29. The Kier molecular flexibility index (Phi) is 6.62. The third-order valence-corrected chi connectivity index (χ3v) is 6.83. The highest BCUT2D eigenvalue weighted by molar-refractivity contribution is 7.80. The van der Waals surface area contributed by atoms with Gasteiger partial charge in [-0.2, -0.15) is 0 Å². The van der Waals surface area contributed by atoms with Gasteiger partial charge in [0, 0.05) is 18.0 Å². The summed E-state index contributed by atoms with van der Waals surface area (Å²) in [7, 11) is 1.48. The van der Waals surface area contributed by atoms with E-state index in [-0.39, 0.29) is 17.8 Å². The van der Waals surface area contributed by atoms with Gasteiger partial charge >= 0.3 is 0 Å². The number of nitro groups is 1. The fraction of sp³-hybridized carbons (Fsp3) is 0.214. The van der Waals surface area contributed by atoms with Crippen molar-refractivity contribution in [3.05, 3.63) is 106 Å². The molecule has 1 aliphatic heterocycles. The maximum atomic E-state index is 11.2. The van der Waals surface area contributed by atoms with Gasteiger partial charge < -0.3 is 19.4 Å². The number of anilines is 1. The average molecular weight is 515 g/mol. The van der Waals surface area contributed by atoms with Gasteiger partial charge in [0.2, 0.25) is 0 Å². The van der Waals surface area contributed by atoms with E-state index in [1.807, 2.05) is 30.3 Å². The summed E-state index contributed by atoms with van der Waals surface area (Å²) in [5.41, 5.74) is 3.59. The lowest BCUT2D eigenvalue weighted by atomic mass is 10.0. The second-order valence-corrected chi connectivity index (χ2v) is 9.47. The number of benzene rings is 2. The zero-order valence-electron chi connectivity index (χ0n) is 20.6. The molecule has 0 unspecified atom stereocenters. The highest BCUT2D eigenvalue weighted by Gasteiger charge is 2.42. The average Bonchev–Trinajstić information content (AvgIpc) is 3.53. The second-order valence-electron chi connectivity index (χ2n) is 9.09. The van der Waals surface area contributed by atoms with E-state index in [0.717, 1.165) is 11.4 Å². The van der Waals surface area contributed by atoms with Gasteiger partial charge in [-0.15, -0.1) is 0 Å². The molecule has 1 fully saturated rings. The van der Waals surface area contributed by atoms with Crippen LogP contribution in [-0.2, 0) is 0 Å². The van der Waals surface area contributed by atoms with Crippen molar-refractivity contribution in [2.24, 2.45) is 0 Å². The van der Waals surface area contributed by atoms with Crippen LogP contribution in [0.15, 0.2) is 83.4 Å². The minimum absolute atomic E-state index is 0.0519. The van der Waals surface area contributed by atoms with Crippen molar-refractivity contribution in [1.29, 1.82) is 0 Å². The molecule has 0 spiro atoms. The van der Waals surface area contributed by atoms with Gasteiger partial charge in [-0.3, -0.25) is 15.1 Å². The fourth-order valence-electron chi connectivity index (χ4n) is 4.60. The molecule has 1 N–H and O–H groups in total. The number of furan rings is 1. The van der Waals surface area contributed by atoms with E-state index < -0.39 is 4.92 Å². The first-order valence-corrected chi connectivity index (χ1v) is 12.3. The van der Waals surface area contributed by atoms with Gasteiger partial charge in [0.1, 0.15) is 23.3 Å². The van der Waals surface area contributed by atoms with Crippen molar-refractivity contribution < 1.29 is 14.1 Å². The van der Waals surface area contributed by atoms with E-state index in [4.69, 9.17) is 21.4 Å². The van der Waals surface area contributed by atoms with E-state index >= 15 is 0 Å². The van der Waals surface area contributed by atoms with Crippen LogP contribution in [0.25, 0.3) is 11.3 Å². The van der Waals surface area contributed by atoms with Crippen molar-refractivity contribution in [2.75, 3.05) is 12.0 Å². The molecule has 37 heavy (non-hydrogen) atoms. The lowest BCUT2D eigenvalue weighted by molar-refractivity contribution is -0.384. The third kappa shape index (κ3) is 4.65. The molecule has 3 heterocycles. The fourth-order valence-corrected chi connectivity index (χ4v) is 4.94. The first-order chi connectivity index (χ1) is 17.9. The SMILES string of the molecule is COc1cc([N+](=O)[O-])ccc1-c1ccc([C@H]2[C@@H](c3ccccn3)NC(=S)N2c2ccc(C(C)C)cc2)o1. The number of thiocarbonyl (C=S) groups is 1. The van der Waals surface area contributed by atoms with Crippen LogP contribution in [0.2, 0.25) is 0 Å². The topological polar surface area (TPSA) is 93.7 Å². The first kappa shape index (κ1) is 24.5. The molecule has 188 valence electrons. The minimum atomic E-state index is -0.453. The van der Waals surface area contributed by atoms with Crippen LogP contribution < -0.4 is 15.0 Å². The van der Waals surface area contributed by atoms with Crippen LogP contribution in [0.5, 0.6) is 5.75 Å². The summed E-state index contributed by atoms with van der Waals surface area (Å²) >= 11 is 5.80. The van der Waals surface area contributed by atoms with E-state index in [1.165, 1.54) is 24.8 Å². The maximum absolute atomic E-state index is 11.2. The van der Waals surface area contributed by atoms with Crippen molar-refractivity contribution >= 4 is 28.7 Å². The molecule has 0 aliphatic carbocycles. The Morgan fingerprint density at radius 1 is 1.11 bits per heavy atom. The van der Waals surface area contributed by atoms with Crippen LogP contribution in [0.1, 0.15) is 48.9 Å². The highest BCUT2D eigenvalue weighted by atomic mass is 32.1. The zero-order valence-corrected chi connectivity index (χ0v) is 21.4. The molecule has 0 amide bonds. The maximum Gasteiger partial charge on any atom is 0.273 e. The summed E-state index contributed by atoms with van der Waals surface area (Å²) in [6, 6.07) is 21.8. The minimum Gasteiger partial charge on any atom is -0.496 e. The largest absolute Gasteiger partial charge is 0.496 e. The quantitative estimate of drug-likeness (QED) is 0.168. The van der Waals surface area contributed by atoms with Gasteiger partial charge in [-0.05, 0) is 66.2 Å². The Balaban J connectivity index is 1.58. The first-order valence-electron chi connectivity index (χ1n) is 11.9. The molecule has 9 heteroatoms. The van der Waals surface area contributed by atoms with Crippen LogP contribution in [-0.4, -0.2) is 22.1 Å². The number of ether oxygens (including phenoxy) is 1. The number of non-ortho nitro benzene ring substituents is 1. The molecule has 0 saturated carbocycles. The van der Waals surface area contributed by atoms with Crippen molar-refractivity contribution in [3.8, 4) is 17.1 Å². The lowest BCUT2D eigenvalue weighted by Gasteiger charge is -2.26. The second kappa shape index (κ2) is 10.0. The van der Waals surface area contributed by atoms with Crippen molar-refractivity contribution in [2.45, 2.75) is 31.8 Å². The standard InChI is InChI=1S/C28H26N4O4S/c1-17(2)18-7-9-19(10-8-18)31-27(26(30-28(31)37)22-6-4-5-15-29-22)24-14-13-23(36-24)21-12-11-20(32(33)34)16-25(21)35-3/h4-17,26-27H,1-3H3,(H,30,37)/t26-,27+/m1/s1. The van der Waals surface area contributed by atoms with Crippen LogP contribution >= 0.6 is 12.2 Å². The van der Waals surface area contributed by atoms with Crippen LogP contribution in [0.3, 0.4) is 0 Å². The molecule has 4 aromatic rings. The van der Waals surface area contributed by atoms with Crippen molar-refractivity contribution in [3.63, 3.8) is 0 Å². The number of hydrogen-bond acceptors (Lipinski definition) is 6. The van der Waals surface area contributed by atoms with E-state index in [0.29, 0.717) is 33.9 Å². The zero-order chi connectivity index (χ0) is 26.1. The summed E-state index contributed by atoms with van der Waals surface area (Å²) in [5, 5.41) is 15.2. The molecule has 2 aromatic heterocycles.